The maximum absolute atomic E-state index is 13.4. The maximum Gasteiger partial charge on any atom is 0.273 e. The second-order valence-electron chi connectivity index (χ2n) is 7.51. The van der Waals surface area contributed by atoms with Crippen LogP contribution in [0.4, 0.5) is 5.13 Å². The minimum absolute atomic E-state index is 0.130. The van der Waals surface area contributed by atoms with Crippen LogP contribution < -0.4 is 14.4 Å². The predicted octanol–water partition coefficient (Wildman–Crippen LogP) is 3.65. The maximum atomic E-state index is 13.4. The van der Waals surface area contributed by atoms with Crippen LogP contribution in [0.25, 0.3) is 10.2 Å². The number of nitrogens with zero attached hydrogens (tertiary/aromatic N) is 3. The number of para-hydroxylation sites is 2. The Hall–Kier alpha value is -2.64. The number of thiazole rings is 1. The first-order valence-corrected chi connectivity index (χ1v) is 10.5. The van der Waals surface area contributed by atoms with E-state index in [1.54, 1.807) is 4.90 Å². The van der Waals surface area contributed by atoms with Gasteiger partial charge in [0, 0.05) is 13.1 Å². The summed E-state index contributed by atoms with van der Waals surface area (Å²) in [7, 11) is 3.98. The van der Waals surface area contributed by atoms with Gasteiger partial charge in [-0.3, -0.25) is 9.69 Å². The molecule has 0 aliphatic carbocycles. The van der Waals surface area contributed by atoms with Gasteiger partial charge in [0.2, 0.25) is 6.10 Å². The van der Waals surface area contributed by atoms with Crippen LogP contribution in [-0.2, 0) is 4.79 Å². The van der Waals surface area contributed by atoms with Crippen LogP contribution in [0.1, 0.15) is 11.1 Å². The van der Waals surface area contributed by atoms with E-state index >= 15 is 0 Å². The molecule has 0 saturated carbocycles. The Morgan fingerprint density at radius 3 is 2.66 bits per heavy atom. The zero-order valence-electron chi connectivity index (χ0n) is 17.1. The van der Waals surface area contributed by atoms with Crippen LogP contribution in [0.3, 0.4) is 0 Å². The topological polar surface area (TPSA) is 54.9 Å². The number of ether oxygens (including phenoxy) is 2. The van der Waals surface area contributed by atoms with E-state index in [1.807, 2.05) is 38.4 Å². The molecule has 0 fully saturated rings. The molecule has 2 aromatic carbocycles. The van der Waals surface area contributed by atoms with Crippen LogP contribution in [0.15, 0.2) is 36.4 Å². The number of carbonyl (C=O) groups excluding carboxylic acids is 1. The molecule has 0 N–H and O–H groups in total. The third-order valence-corrected chi connectivity index (χ3v) is 6.17. The van der Waals surface area contributed by atoms with Gasteiger partial charge in [-0.25, -0.2) is 4.98 Å². The highest BCUT2D eigenvalue weighted by Crippen LogP contribution is 2.34. The Morgan fingerprint density at radius 1 is 1.14 bits per heavy atom. The van der Waals surface area contributed by atoms with Crippen molar-refractivity contribution in [3.63, 3.8) is 0 Å². The zero-order valence-corrected chi connectivity index (χ0v) is 18.0. The molecule has 0 spiro atoms. The second kappa shape index (κ2) is 8.00. The number of carbonyl (C=O) groups is 1. The van der Waals surface area contributed by atoms with Gasteiger partial charge in [0.1, 0.15) is 6.61 Å². The number of rotatable bonds is 5. The average molecular weight is 412 g/mol. The molecule has 4 rings (SSSR count). The number of aromatic nitrogens is 1. The Kier molecular flexibility index (Phi) is 5.43. The quantitative estimate of drug-likeness (QED) is 0.642. The van der Waals surface area contributed by atoms with Crippen LogP contribution in [0.2, 0.25) is 0 Å². The number of hydrogen-bond acceptors (Lipinski definition) is 6. The standard InChI is InChI=1S/C22H25N3O3S/c1-14-9-10-19-20(15(14)2)23-22(29-19)25(12-11-24(3)4)21(26)18-13-27-16-7-5-6-8-17(16)28-18/h5-10,18H,11-13H2,1-4H3/t18-/m1/s1. The molecule has 3 aromatic rings. The van der Waals surface area contributed by atoms with Crippen LogP contribution in [0, 0.1) is 13.8 Å². The molecule has 0 unspecified atom stereocenters. The summed E-state index contributed by atoms with van der Waals surface area (Å²) in [6.07, 6.45) is -0.693. The molecule has 1 atom stereocenters. The Labute approximate surface area is 174 Å². The van der Waals surface area contributed by atoms with Crippen molar-refractivity contribution in [1.29, 1.82) is 0 Å². The fourth-order valence-electron chi connectivity index (χ4n) is 3.24. The number of fused-ring (bicyclic) bond motifs is 2. The van der Waals surface area contributed by atoms with Gasteiger partial charge in [-0.15, -0.1) is 0 Å². The summed E-state index contributed by atoms with van der Waals surface area (Å²) in [6, 6.07) is 11.6. The van der Waals surface area contributed by atoms with E-state index in [2.05, 4.69) is 30.9 Å². The van der Waals surface area contributed by atoms with Crippen molar-refractivity contribution in [3.8, 4) is 11.5 Å². The molecule has 152 valence electrons. The van der Waals surface area contributed by atoms with Crippen molar-refractivity contribution in [3.05, 3.63) is 47.5 Å². The minimum Gasteiger partial charge on any atom is -0.485 e. The van der Waals surface area contributed by atoms with Crippen LogP contribution in [0.5, 0.6) is 11.5 Å². The summed E-state index contributed by atoms with van der Waals surface area (Å²) in [5.41, 5.74) is 3.30. The minimum atomic E-state index is -0.693. The second-order valence-corrected chi connectivity index (χ2v) is 8.52. The number of anilines is 1. The van der Waals surface area contributed by atoms with Crippen molar-refractivity contribution < 1.29 is 14.3 Å². The average Bonchev–Trinajstić information content (AvgIpc) is 3.15. The van der Waals surface area contributed by atoms with Gasteiger partial charge < -0.3 is 14.4 Å². The smallest absolute Gasteiger partial charge is 0.273 e. The van der Waals surface area contributed by atoms with Crippen molar-refractivity contribution >= 4 is 32.6 Å². The van der Waals surface area contributed by atoms with Gasteiger partial charge in [0.15, 0.2) is 16.6 Å². The van der Waals surface area contributed by atoms with Gasteiger partial charge in [0.25, 0.3) is 5.91 Å². The monoisotopic (exact) mass is 411 g/mol. The Morgan fingerprint density at radius 2 is 1.90 bits per heavy atom. The largest absolute Gasteiger partial charge is 0.485 e. The van der Waals surface area contributed by atoms with E-state index in [0.29, 0.717) is 23.2 Å². The van der Waals surface area contributed by atoms with E-state index in [9.17, 15) is 4.79 Å². The fraction of sp³-hybridized carbons (Fsp3) is 0.364. The summed E-state index contributed by atoms with van der Waals surface area (Å²) in [5.74, 6) is 1.14. The number of amides is 1. The number of benzene rings is 2. The van der Waals surface area contributed by atoms with E-state index in [-0.39, 0.29) is 12.5 Å². The Balaban J connectivity index is 1.65. The molecule has 0 bridgehead atoms. The highest BCUT2D eigenvalue weighted by Gasteiger charge is 2.33. The van der Waals surface area contributed by atoms with Crippen LogP contribution in [-0.4, -0.2) is 55.7 Å². The molecule has 1 aliphatic heterocycles. The summed E-state index contributed by atoms with van der Waals surface area (Å²) >= 11 is 1.54. The van der Waals surface area contributed by atoms with E-state index < -0.39 is 6.10 Å². The number of aryl methyl sites for hydroxylation is 2. The first-order chi connectivity index (χ1) is 13.9. The molecule has 7 heteroatoms. The van der Waals surface area contributed by atoms with Crippen molar-refractivity contribution in [2.45, 2.75) is 20.0 Å². The van der Waals surface area contributed by atoms with Crippen molar-refractivity contribution in [2.75, 3.05) is 38.7 Å². The lowest BCUT2D eigenvalue weighted by Gasteiger charge is -2.30. The molecular weight excluding hydrogens is 386 g/mol. The molecule has 29 heavy (non-hydrogen) atoms. The predicted molar refractivity (Wildman–Crippen MR) is 116 cm³/mol. The third kappa shape index (κ3) is 3.93. The number of hydrogen-bond donors (Lipinski definition) is 0. The highest BCUT2D eigenvalue weighted by atomic mass is 32.1. The molecule has 2 heterocycles. The summed E-state index contributed by atoms with van der Waals surface area (Å²) in [5, 5.41) is 0.697. The first-order valence-electron chi connectivity index (χ1n) is 9.65. The van der Waals surface area contributed by atoms with Crippen molar-refractivity contribution in [1.82, 2.24) is 9.88 Å². The molecule has 6 nitrogen and oxygen atoms in total. The molecule has 0 saturated heterocycles. The number of likely N-dealkylation sites (N-methyl/N-ethyl adjacent to an activating group) is 1. The highest BCUT2D eigenvalue weighted by molar-refractivity contribution is 7.22. The zero-order chi connectivity index (χ0) is 20.5. The van der Waals surface area contributed by atoms with E-state index in [1.165, 1.54) is 16.9 Å². The van der Waals surface area contributed by atoms with E-state index in [0.717, 1.165) is 22.3 Å². The van der Waals surface area contributed by atoms with Gasteiger partial charge >= 0.3 is 0 Å². The molecule has 0 radical (unpaired) electrons. The lowest BCUT2D eigenvalue weighted by atomic mass is 10.1. The molecule has 1 aliphatic rings. The van der Waals surface area contributed by atoms with Gasteiger partial charge in [-0.1, -0.05) is 29.5 Å². The SMILES string of the molecule is Cc1ccc2sc(N(CCN(C)C)C(=O)[C@H]3COc4ccccc4O3)nc2c1C. The third-order valence-electron chi connectivity index (χ3n) is 5.13. The molecule has 1 aromatic heterocycles. The summed E-state index contributed by atoms with van der Waals surface area (Å²) in [4.78, 5) is 22.0. The molecule has 1 amide bonds. The van der Waals surface area contributed by atoms with Crippen molar-refractivity contribution in [2.24, 2.45) is 0 Å². The summed E-state index contributed by atoms with van der Waals surface area (Å²) in [6.45, 7) is 5.60. The summed E-state index contributed by atoms with van der Waals surface area (Å²) < 4.78 is 12.8. The van der Waals surface area contributed by atoms with Crippen LogP contribution >= 0.6 is 11.3 Å². The normalized spacial score (nSPS) is 15.7. The lowest BCUT2D eigenvalue weighted by Crippen LogP contribution is -2.48. The first kappa shape index (κ1) is 19.7. The Bertz CT molecular complexity index is 1050. The molecular formula is C22H25N3O3S. The van der Waals surface area contributed by atoms with Gasteiger partial charge in [0.05, 0.1) is 10.2 Å². The van der Waals surface area contributed by atoms with E-state index in [4.69, 9.17) is 14.5 Å². The van der Waals surface area contributed by atoms with Gasteiger partial charge in [-0.2, -0.15) is 0 Å². The lowest BCUT2D eigenvalue weighted by molar-refractivity contribution is -0.127. The fourth-order valence-corrected chi connectivity index (χ4v) is 4.30. The van der Waals surface area contributed by atoms with Gasteiger partial charge in [-0.05, 0) is 57.3 Å².